The van der Waals surface area contributed by atoms with Crippen molar-refractivity contribution in [3.63, 3.8) is 0 Å². The van der Waals surface area contributed by atoms with Gasteiger partial charge in [-0.15, -0.1) is 0 Å². The lowest BCUT2D eigenvalue weighted by Crippen LogP contribution is -2.27. The van der Waals surface area contributed by atoms with Gasteiger partial charge < -0.3 is 9.84 Å². The number of hydrogen-bond acceptors (Lipinski definition) is 4. The Hall–Kier alpha value is -2.89. The number of ether oxygens (including phenoxy) is 1. The molecule has 1 heterocycles. The lowest BCUT2D eigenvalue weighted by atomic mass is 10.0. The van der Waals surface area contributed by atoms with Crippen molar-refractivity contribution in [3.05, 3.63) is 48.3 Å². The van der Waals surface area contributed by atoms with E-state index in [1.54, 1.807) is 57.2 Å². The molecule has 120 valence electrons. The van der Waals surface area contributed by atoms with E-state index in [0.717, 1.165) is 0 Å². The summed E-state index contributed by atoms with van der Waals surface area (Å²) in [5.41, 5.74) is 0.998. The summed E-state index contributed by atoms with van der Waals surface area (Å²) in [6.45, 7) is 5.33. The number of aromatic carboxylic acids is 1. The van der Waals surface area contributed by atoms with Gasteiger partial charge in [-0.1, -0.05) is 18.2 Å². The molecule has 0 fully saturated rings. The Labute approximate surface area is 134 Å². The van der Waals surface area contributed by atoms with E-state index in [4.69, 9.17) is 4.74 Å². The summed E-state index contributed by atoms with van der Waals surface area (Å²) in [6.07, 6.45) is 0.856. The maximum atomic E-state index is 11.8. The molecule has 0 aliphatic carbocycles. The summed E-state index contributed by atoms with van der Waals surface area (Å²) >= 11 is 0. The van der Waals surface area contributed by atoms with Gasteiger partial charge in [0.05, 0.1) is 0 Å². The molecule has 6 nitrogen and oxygen atoms in total. The SMILES string of the molecule is CC(C)(C)OC(=O)Nc1cccc(-c2cccnc2C(=O)O)c1. The molecule has 0 spiro atoms. The molecule has 0 saturated carbocycles. The number of hydrogen-bond donors (Lipinski definition) is 2. The molecular formula is C17H18N2O4. The van der Waals surface area contributed by atoms with E-state index in [9.17, 15) is 14.7 Å². The third-order valence-electron chi connectivity index (χ3n) is 2.83. The number of nitrogens with one attached hydrogen (secondary N) is 1. The van der Waals surface area contributed by atoms with Crippen LogP contribution in [-0.4, -0.2) is 27.8 Å². The summed E-state index contributed by atoms with van der Waals surface area (Å²) in [5.74, 6) is -1.11. The Morgan fingerprint density at radius 3 is 2.57 bits per heavy atom. The van der Waals surface area contributed by atoms with Crippen molar-refractivity contribution in [2.45, 2.75) is 26.4 Å². The molecule has 0 saturated heterocycles. The zero-order valence-corrected chi connectivity index (χ0v) is 13.2. The molecule has 0 unspecified atom stereocenters. The Balaban J connectivity index is 2.28. The smallest absolute Gasteiger partial charge is 0.412 e. The van der Waals surface area contributed by atoms with Crippen molar-refractivity contribution in [1.82, 2.24) is 4.98 Å². The fourth-order valence-corrected chi connectivity index (χ4v) is 1.99. The molecule has 2 aromatic rings. The summed E-state index contributed by atoms with van der Waals surface area (Å²) in [4.78, 5) is 27.0. The number of pyridine rings is 1. The number of carboxylic acids is 1. The minimum atomic E-state index is -1.11. The molecule has 23 heavy (non-hydrogen) atoms. The normalized spacial score (nSPS) is 10.9. The first-order valence-electron chi connectivity index (χ1n) is 7.05. The van der Waals surface area contributed by atoms with E-state index < -0.39 is 17.7 Å². The molecule has 6 heteroatoms. The highest BCUT2D eigenvalue weighted by Gasteiger charge is 2.17. The van der Waals surface area contributed by atoms with Gasteiger partial charge >= 0.3 is 12.1 Å². The van der Waals surface area contributed by atoms with Crippen molar-refractivity contribution < 1.29 is 19.4 Å². The molecular weight excluding hydrogens is 296 g/mol. The second-order valence-electron chi connectivity index (χ2n) is 5.91. The Morgan fingerprint density at radius 1 is 1.17 bits per heavy atom. The number of nitrogens with zero attached hydrogens (tertiary/aromatic N) is 1. The number of carbonyl (C=O) groups excluding carboxylic acids is 1. The third kappa shape index (κ3) is 4.54. The molecule has 0 radical (unpaired) electrons. The topological polar surface area (TPSA) is 88.5 Å². The largest absolute Gasteiger partial charge is 0.476 e. The standard InChI is InChI=1S/C17H18N2O4/c1-17(2,3)23-16(22)19-12-7-4-6-11(10-12)13-8-5-9-18-14(13)15(20)21/h4-10H,1-3H3,(H,19,22)(H,20,21). The lowest BCUT2D eigenvalue weighted by Gasteiger charge is -2.19. The van der Waals surface area contributed by atoms with E-state index in [2.05, 4.69) is 10.3 Å². The highest BCUT2D eigenvalue weighted by Crippen LogP contribution is 2.25. The predicted octanol–water partition coefficient (Wildman–Crippen LogP) is 3.79. The van der Waals surface area contributed by atoms with Crippen molar-refractivity contribution in [2.75, 3.05) is 5.32 Å². The van der Waals surface area contributed by atoms with Gasteiger partial charge in [0.1, 0.15) is 5.60 Å². The molecule has 1 aromatic heterocycles. The third-order valence-corrected chi connectivity index (χ3v) is 2.83. The van der Waals surface area contributed by atoms with Crippen LogP contribution < -0.4 is 5.32 Å². The van der Waals surface area contributed by atoms with Crippen molar-refractivity contribution >= 4 is 17.7 Å². The fourth-order valence-electron chi connectivity index (χ4n) is 1.99. The number of benzene rings is 1. The number of amides is 1. The molecule has 0 atom stereocenters. The van der Waals surface area contributed by atoms with Crippen molar-refractivity contribution in [3.8, 4) is 11.1 Å². The van der Waals surface area contributed by atoms with Gasteiger partial charge in [-0.3, -0.25) is 5.32 Å². The average molecular weight is 314 g/mol. The highest BCUT2D eigenvalue weighted by molar-refractivity contribution is 5.94. The van der Waals surface area contributed by atoms with E-state index in [1.807, 2.05) is 0 Å². The summed E-state index contributed by atoms with van der Waals surface area (Å²) in [7, 11) is 0. The van der Waals surface area contributed by atoms with Crippen LogP contribution in [0.5, 0.6) is 0 Å². The highest BCUT2D eigenvalue weighted by atomic mass is 16.6. The lowest BCUT2D eigenvalue weighted by molar-refractivity contribution is 0.0633. The van der Waals surface area contributed by atoms with Crippen LogP contribution in [-0.2, 0) is 4.74 Å². The Kier molecular flexibility index (Phi) is 4.64. The second kappa shape index (κ2) is 6.48. The molecule has 1 amide bonds. The van der Waals surface area contributed by atoms with E-state index >= 15 is 0 Å². The van der Waals surface area contributed by atoms with Gasteiger partial charge in [-0.2, -0.15) is 0 Å². The zero-order chi connectivity index (χ0) is 17.0. The monoisotopic (exact) mass is 314 g/mol. The van der Waals surface area contributed by atoms with E-state index in [1.165, 1.54) is 6.20 Å². The maximum absolute atomic E-state index is 11.8. The van der Waals surface area contributed by atoms with Crippen molar-refractivity contribution in [2.24, 2.45) is 0 Å². The first-order chi connectivity index (χ1) is 10.8. The number of carbonyl (C=O) groups is 2. The predicted molar refractivity (Wildman–Crippen MR) is 86.5 cm³/mol. The minimum absolute atomic E-state index is 0.0399. The first-order valence-corrected chi connectivity index (χ1v) is 7.05. The van der Waals surface area contributed by atoms with Crippen molar-refractivity contribution in [1.29, 1.82) is 0 Å². The van der Waals surface area contributed by atoms with Crippen LogP contribution in [0.1, 0.15) is 31.3 Å². The minimum Gasteiger partial charge on any atom is -0.476 e. The summed E-state index contributed by atoms with van der Waals surface area (Å²) in [6, 6.07) is 10.2. The summed E-state index contributed by atoms with van der Waals surface area (Å²) in [5, 5.41) is 11.8. The van der Waals surface area contributed by atoms with Crippen LogP contribution >= 0.6 is 0 Å². The molecule has 2 rings (SSSR count). The maximum Gasteiger partial charge on any atom is 0.412 e. The number of aromatic nitrogens is 1. The van der Waals surface area contributed by atoms with Gasteiger partial charge in [0.2, 0.25) is 0 Å². The molecule has 0 aliphatic rings. The fraction of sp³-hybridized carbons (Fsp3) is 0.235. The van der Waals surface area contributed by atoms with Gasteiger partial charge in [-0.05, 0) is 44.5 Å². The quantitative estimate of drug-likeness (QED) is 0.899. The number of carboxylic acid groups (broad SMARTS) is 1. The van der Waals surface area contributed by atoms with Gasteiger partial charge in [0, 0.05) is 17.4 Å². The van der Waals surface area contributed by atoms with E-state index in [0.29, 0.717) is 16.8 Å². The van der Waals surface area contributed by atoms with E-state index in [-0.39, 0.29) is 5.69 Å². The first kappa shape index (κ1) is 16.5. The van der Waals surface area contributed by atoms with Gasteiger partial charge in [0.15, 0.2) is 5.69 Å². The molecule has 2 N–H and O–H groups in total. The molecule has 0 bridgehead atoms. The van der Waals surface area contributed by atoms with Crippen LogP contribution in [0.2, 0.25) is 0 Å². The zero-order valence-electron chi connectivity index (χ0n) is 13.2. The van der Waals surface area contributed by atoms with Crippen LogP contribution in [0.4, 0.5) is 10.5 Å². The molecule has 1 aromatic carbocycles. The Morgan fingerprint density at radius 2 is 1.91 bits per heavy atom. The molecule has 0 aliphatic heterocycles. The van der Waals surface area contributed by atoms with Crippen LogP contribution in [0, 0.1) is 0 Å². The number of rotatable bonds is 3. The van der Waals surface area contributed by atoms with Gasteiger partial charge in [-0.25, -0.2) is 14.6 Å². The summed E-state index contributed by atoms with van der Waals surface area (Å²) < 4.78 is 5.19. The Bertz CT molecular complexity index is 735. The van der Waals surface area contributed by atoms with Crippen LogP contribution in [0.25, 0.3) is 11.1 Å². The second-order valence-corrected chi connectivity index (χ2v) is 5.91. The number of anilines is 1. The van der Waals surface area contributed by atoms with Crippen LogP contribution in [0.15, 0.2) is 42.6 Å². The van der Waals surface area contributed by atoms with Gasteiger partial charge in [0.25, 0.3) is 0 Å². The van der Waals surface area contributed by atoms with Crippen LogP contribution in [0.3, 0.4) is 0 Å². The average Bonchev–Trinajstić information content (AvgIpc) is 2.45.